The average molecular weight is 329 g/mol. The summed E-state index contributed by atoms with van der Waals surface area (Å²) >= 11 is 5.79. The number of carbonyl (C=O) groups excluding carboxylic acids is 2. The van der Waals surface area contributed by atoms with Gasteiger partial charge in [-0.05, 0) is 43.3 Å². The van der Waals surface area contributed by atoms with Crippen molar-refractivity contribution in [3.05, 3.63) is 70.9 Å². The summed E-state index contributed by atoms with van der Waals surface area (Å²) in [5, 5.41) is 1.34. The van der Waals surface area contributed by atoms with Crippen LogP contribution in [0.15, 0.2) is 59.0 Å². The molecule has 23 heavy (non-hydrogen) atoms. The molecule has 0 aliphatic carbocycles. The number of hydrogen-bond acceptors (Lipinski definition) is 4. The lowest BCUT2D eigenvalue weighted by Crippen LogP contribution is -2.24. The Kier molecular flexibility index (Phi) is 4.17. The van der Waals surface area contributed by atoms with Gasteiger partial charge in [-0.25, -0.2) is 4.79 Å². The molecule has 5 heteroatoms. The number of furan rings is 1. The van der Waals surface area contributed by atoms with E-state index in [-0.39, 0.29) is 11.5 Å². The standard InChI is InChI=1S/C18H13ClO4/c1-11(17(20)12-6-8-14(19)9-7-12)22-18(21)16-10-13-4-2-3-5-15(13)23-16/h2-11H,1H3/t11-/m0/s1. The van der Waals surface area contributed by atoms with Crippen LogP contribution in [0.3, 0.4) is 0 Å². The zero-order chi connectivity index (χ0) is 16.4. The predicted octanol–water partition coefficient (Wildman–Crippen LogP) is 4.51. The largest absolute Gasteiger partial charge is 0.449 e. The van der Waals surface area contributed by atoms with Crippen LogP contribution in [0, 0.1) is 0 Å². The van der Waals surface area contributed by atoms with Crippen LogP contribution < -0.4 is 0 Å². The van der Waals surface area contributed by atoms with Crippen molar-refractivity contribution in [1.82, 2.24) is 0 Å². The minimum absolute atomic E-state index is 0.0713. The molecule has 1 heterocycles. The van der Waals surface area contributed by atoms with E-state index in [0.29, 0.717) is 16.2 Å². The molecule has 0 saturated heterocycles. The first kappa shape index (κ1) is 15.3. The van der Waals surface area contributed by atoms with Crippen molar-refractivity contribution < 1.29 is 18.7 Å². The number of halogens is 1. The molecule has 0 bridgehead atoms. The average Bonchev–Trinajstić information content (AvgIpc) is 2.99. The fourth-order valence-corrected chi connectivity index (χ4v) is 2.33. The highest BCUT2D eigenvalue weighted by atomic mass is 35.5. The number of Topliss-reactive ketones (excluding diaryl/α,β-unsaturated/α-hetero) is 1. The summed E-state index contributed by atoms with van der Waals surface area (Å²) in [5.41, 5.74) is 1.02. The quantitative estimate of drug-likeness (QED) is 0.522. The summed E-state index contributed by atoms with van der Waals surface area (Å²) in [5.74, 6) is -0.899. The first-order chi connectivity index (χ1) is 11.0. The van der Waals surface area contributed by atoms with Crippen LogP contribution in [-0.2, 0) is 4.74 Å². The highest BCUT2D eigenvalue weighted by Gasteiger charge is 2.22. The molecule has 3 rings (SSSR count). The van der Waals surface area contributed by atoms with Crippen LogP contribution in [0.4, 0.5) is 0 Å². The van der Waals surface area contributed by atoms with Gasteiger partial charge >= 0.3 is 5.97 Å². The van der Waals surface area contributed by atoms with Crippen molar-refractivity contribution in [3.8, 4) is 0 Å². The first-order valence-electron chi connectivity index (χ1n) is 7.04. The zero-order valence-electron chi connectivity index (χ0n) is 12.3. The van der Waals surface area contributed by atoms with Crippen LogP contribution in [0.25, 0.3) is 11.0 Å². The van der Waals surface area contributed by atoms with Gasteiger partial charge in [-0.15, -0.1) is 0 Å². The zero-order valence-corrected chi connectivity index (χ0v) is 13.0. The van der Waals surface area contributed by atoms with Crippen molar-refractivity contribution in [2.24, 2.45) is 0 Å². The fraction of sp³-hybridized carbons (Fsp3) is 0.111. The summed E-state index contributed by atoms with van der Waals surface area (Å²) < 4.78 is 10.6. The number of ketones is 1. The lowest BCUT2D eigenvalue weighted by atomic mass is 10.1. The maximum atomic E-state index is 12.2. The maximum Gasteiger partial charge on any atom is 0.374 e. The highest BCUT2D eigenvalue weighted by Crippen LogP contribution is 2.20. The molecule has 4 nitrogen and oxygen atoms in total. The van der Waals surface area contributed by atoms with Crippen molar-refractivity contribution >= 4 is 34.3 Å². The minimum Gasteiger partial charge on any atom is -0.449 e. The fourth-order valence-electron chi connectivity index (χ4n) is 2.20. The monoisotopic (exact) mass is 328 g/mol. The Bertz CT molecular complexity index is 831. The SMILES string of the molecule is C[C@H](OC(=O)c1cc2ccccc2o1)C(=O)c1ccc(Cl)cc1. The van der Waals surface area contributed by atoms with Gasteiger partial charge in [-0.3, -0.25) is 4.79 Å². The molecule has 0 unspecified atom stereocenters. The molecular weight excluding hydrogens is 316 g/mol. The lowest BCUT2D eigenvalue weighted by molar-refractivity contribution is 0.0291. The minimum atomic E-state index is -0.920. The van der Waals surface area contributed by atoms with Gasteiger partial charge in [0.25, 0.3) is 0 Å². The molecule has 0 saturated carbocycles. The van der Waals surface area contributed by atoms with E-state index in [0.717, 1.165) is 5.39 Å². The molecule has 0 N–H and O–H groups in total. The van der Waals surface area contributed by atoms with Crippen molar-refractivity contribution in [3.63, 3.8) is 0 Å². The molecule has 3 aromatic rings. The first-order valence-corrected chi connectivity index (χ1v) is 7.42. The molecule has 1 atom stereocenters. The third-order valence-electron chi connectivity index (χ3n) is 3.41. The Balaban J connectivity index is 1.73. The van der Waals surface area contributed by atoms with Gasteiger partial charge in [0.2, 0.25) is 11.5 Å². The number of hydrogen-bond donors (Lipinski definition) is 0. The summed E-state index contributed by atoms with van der Waals surface area (Å²) in [7, 11) is 0. The maximum absolute atomic E-state index is 12.2. The van der Waals surface area contributed by atoms with Gasteiger partial charge in [0, 0.05) is 16.0 Å². The van der Waals surface area contributed by atoms with E-state index in [2.05, 4.69) is 0 Å². The van der Waals surface area contributed by atoms with Crippen molar-refractivity contribution in [1.29, 1.82) is 0 Å². The van der Waals surface area contributed by atoms with Gasteiger partial charge < -0.3 is 9.15 Å². The molecule has 116 valence electrons. The third kappa shape index (κ3) is 3.27. The molecule has 1 aromatic heterocycles. The summed E-state index contributed by atoms with van der Waals surface area (Å²) in [4.78, 5) is 24.4. The van der Waals surface area contributed by atoms with Crippen molar-refractivity contribution in [2.75, 3.05) is 0 Å². The van der Waals surface area contributed by atoms with Crippen LogP contribution in [0.1, 0.15) is 27.8 Å². The number of para-hydroxylation sites is 1. The highest BCUT2D eigenvalue weighted by molar-refractivity contribution is 6.30. The van der Waals surface area contributed by atoms with Crippen LogP contribution in [0.5, 0.6) is 0 Å². The number of rotatable bonds is 4. The third-order valence-corrected chi connectivity index (χ3v) is 3.66. The normalized spacial score (nSPS) is 12.1. The van der Waals surface area contributed by atoms with Gasteiger partial charge in [0.05, 0.1) is 0 Å². The molecule has 2 aromatic carbocycles. The Hall–Kier alpha value is -2.59. The number of fused-ring (bicyclic) bond motifs is 1. The summed E-state index contributed by atoms with van der Waals surface area (Å²) in [6.07, 6.45) is -0.920. The van der Waals surface area contributed by atoms with Gasteiger partial charge in [0.1, 0.15) is 5.58 Å². The summed E-state index contributed by atoms with van der Waals surface area (Å²) in [6.45, 7) is 1.53. The van der Waals surface area contributed by atoms with Crippen LogP contribution >= 0.6 is 11.6 Å². The van der Waals surface area contributed by atoms with E-state index in [1.165, 1.54) is 6.92 Å². The predicted molar refractivity (Wildman–Crippen MR) is 86.9 cm³/mol. The molecule has 0 radical (unpaired) electrons. The number of benzene rings is 2. The number of ether oxygens (including phenoxy) is 1. The van der Waals surface area contributed by atoms with Gasteiger partial charge in [-0.1, -0.05) is 29.8 Å². The van der Waals surface area contributed by atoms with E-state index in [1.807, 2.05) is 18.2 Å². The van der Waals surface area contributed by atoms with Crippen LogP contribution in [-0.4, -0.2) is 17.9 Å². The second-order valence-electron chi connectivity index (χ2n) is 5.07. The Morgan fingerprint density at radius 3 is 2.48 bits per heavy atom. The molecule has 0 aliphatic heterocycles. The smallest absolute Gasteiger partial charge is 0.374 e. The van der Waals surface area contributed by atoms with E-state index < -0.39 is 12.1 Å². The summed E-state index contributed by atoms with van der Waals surface area (Å²) in [6, 6.07) is 15.3. The number of esters is 1. The van der Waals surface area contributed by atoms with E-state index in [9.17, 15) is 9.59 Å². The Morgan fingerprint density at radius 2 is 1.78 bits per heavy atom. The second kappa shape index (κ2) is 6.26. The second-order valence-corrected chi connectivity index (χ2v) is 5.50. The van der Waals surface area contributed by atoms with E-state index in [4.69, 9.17) is 20.8 Å². The molecule has 0 aliphatic rings. The van der Waals surface area contributed by atoms with Gasteiger partial charge in [0.15, 0.2) is 6.10 Å². The van der Waals surface area contributed by atoms with Crippen LogP contribution in [0.2, 0.25) is 5.02 Å². The molecule has 0 spiro atoms. The van der Waals surface area contributed by atoms with Crippen molar-refractivity contribution in [2.45, 2.75) is 13.0 Å². The van der Waals surface area contributed by atoms with Gasteiger partial charge in [-0.2, -0.15) is 0 Å². The number of carbonyl (C=O) groups is 2. The van der Waals surface area contributed by atoms with E-state index >= 15 is 0 Å². The molecule has 0 amide bonds. The lowest BCUT2D eigenvalue weighted by Gasteiger charge is -2.11. The Labute approximate surface area is 137 Å². The molecular formula is C18H13ClO4. The Morgan fingerprint density at radius 1 is 1.09 bits per heavy atom. The topological polar surface area (TPSA) is 56.5 Å². The van der Waals surface area contributed by atoms with E-state index in [1.54, 1.807) is 36.4 Å². The molecule has 0 fully saturated rings.